The fourth-order valence-corrected chi connectivity index (χ4v) is 1.41. The minimum absolute atomic E-state index is 0.190. The van der Waals surface area contributed by atoms with E-state index in [0.29, 0.717) is 6.54 Å². The second-order valence-corrected chi connectivity index (χ2v) is 3.56. The van der Waals surface area contributed by atoms with Crippen LogP contribution in [0.2, 0.25) is 0 Å². The van der Waals surface area contributed by atoms with Crippen molar-refractivity contribution < 1.29 is 5.11 Å². The molecule has 0 radical (unpaired) electrons. The lowest BCUT2D eigenvalue weighted by Crippen LogP contribution is -2.15. The number of hydrogen-bond donors (Lipinski definition) is 2. The van der Waals surface area contributed by atoms with Gasteiger partial charge in [0.25, 0.3) is 0 Å². The van der Waals surface area contributed by atoms with E-state index in [4.69, 9.17) is 5.11 Å². The van der Waals surface area contributed by atoms with Crippen molar-refractivity contribution in [3.05, 3.63) is 42.0 Å². The number of aromatic hydroxyl groups is 1. The Hall–Kier alpha value is -1.88. The number of rotatable bonds is 4. The maximum Gasteiger partial charge on any atom is 0.133 e. The Morgan fingerprint density at radius 1 is 1.31 bits per heavy atom. The Labute approximate surface area is 93.8 Å². The molecule has 2 aromatic heterocycles. The summed E-state index contributed by atoms with van der Waals surface area (Å²) in [6.45, 7) is 1.42. The summed E-state index contributed by atoms with van der Waals surface area (Å²) in [5.41, 5.74) is 2.03. The summed E-state index contributed by atoms with van der Waals surface area (Å²) < 4.78 is 1.83. The summed E-state index contributed by atoms with van der Waals surface area (Å²) in [5, 5.41) is 16.4. The van der Waals surface area contributed by atoms with E-state index < -0.39 is 0 Å². The first-order valence-electron chi connectivity index (χ1n) is 5.07. The highest BCUT2D eigenvalue weighted by Gasteiger charge is 1.98. The van der Waals surface area contributed by atoms with Crippen LogP contribution in [0.3, 0.4) is 0 Å². The van der Waals surface area contributed by atoms with Gasteiger partial charge in [0.1, 0.15) is 5.75 Å². The van der Waals surface area contributed by atoms with Gasteiger partial charge >= 0.3 is 0 Å². The van der Waals surface area contributed by atoms with Crippen molar-refractivity contribution in [2.45, 2.75) is 13.1 Å². The Morgan fingerprint density at radius 3 is 2.81 bits per heavy atom. The van der Waals surface area contributed by atoms with E-state index in [2.05, 4.69) is 15.4 Å². The Kier molecular flexibility index (Phi) is 3.16. The van der Waals surface area contributed by atoms with Crippen LogP contribution in [0.25, 0.3) is 0 Å². The maximum absolute atomic E-state index is 9.07. The van der Waals surface area contributed by atoms with E-state index in [1.807, 2.05) is 17.8 Å². The SMILES string of the molecule is Cn1nccc1CNCc1ccc(O)cn1. The van der Waals surface area contributed by atoms with Gasteiger partial charge in [-0.15, -0.1) is 0 Å². The fourth-order valence-electron chi connectivity index (χ4n) is 1.41. The fraction of sp³-hybridized carbons (Fsp3) is 0.273. The first kappa shape index (κ1) is 10.6. The second-order valence-electron chi connectivity index (χ2n) is 3.56. The summed E-state index contributed by atoms with van der Waals surface area (Å²) in [5.74, 6) is 0.190. The van der Waals surface area contributed by atoms with Crippen LogP contribution in [0.4, 0.5) is 0 Å². The van der Waals surface area contributed by atoms with Crippen molar-refractivity contribution in [1.29, 1.82) is 0 Å². The van der Waals surface area contributed by atoms with Crippen molar-refractivity contribution in [2.24, 2.45) is 7.05 Å². The van der Waals surface area contributed by atoms with Gasteiger partial charge in [-0.3, -0.25) is 9.67 Å². The van der Waals surface area contributed by atoms with Crippen LogP contribution in [-0.4, -0.2) is 19.9 Å². The van der Waals surface area contributed by atoms with Gasteiger partial charge in [-0.05, 0) is 18.2 Å². The predicted octanol–water partition coefficient (Wildman–Crippen LogP) is 0.810. The minimum Gasteiger partial charge on any atom is -0.506 e. The Balaban J connectivity index is 1.84. The van der Waals surface area contributed by atoms with E-state index in [1.165, 1.54) is 6.20 Å². The molecule has 0 saturated carbocycles. The number of hydrogen-bond acceptors (Lipinski definition) is 4. The Morgan fingerprint density at radius 2 is 2.19 bits per heavy atom. The largest absolute Gasteiger partial charge is 0.506 e. The molecule has 2 heterocycles. The van der Waals surface area contributed by atoms with Crippen molar-refractivity contribution in [3.63, 3.8) is 0 Å². The van der Waals surface area contributed by atoms with Crippen molar-refractivity contribution in [2.75, 3.05) is 0 Å². The molecule has 0 aliphatic heterocycles. The van der Waals surface area contributed by atoms with Crippen LogP contribution >= 0.6 is 0 Å². The molecule has 0 saturated heterocycles. The van der Waals surface area contributed by atoms with Gasteiger partial charge in [0.2, 0.25) is 0 Å². The molecule has 2 aromatic rings. The molecule has 2 rings (SSSR count). The first-order chi connectivity index (χ1) is 7.75. The van der Waals surface area contributed by atoms with Crippen molar-refractivity contribution in [1.82, 2.24) is 20.1 Å². The molecule has 0 aliphatic rings. The van der Waals surface area contributed by atoms with Crippen molar-refractivity contribution in [3.8, 4) is 5.75 Å². The number of pyridine rings is 1. The van der Waals surface area contributed by atoms with Gasteiger partial charge in [0.15, 0.2) is 0 Å². The third kappa shape index (κ3) is 2.58. The molecular weight excluding hydrogens is 204 g/mol. The van der Waals surface area contributed by atoms with Crippen LogP contribution in [0.5, 0.6) is 5.75 Å². The molecule has 0 fully saturated rings. The lowest BCUT2D eigenvalue weighted by Gasteiger charge is -2.04. The lowest BCUT2D eigenvalue weighted by molar-refractivity contribution is 0.471. The number of nitrogens with one attached hydrogen (secondary N) is 1. The zero-order valence-corrected chi connectivity index (χ0v) is 9.09. The lowest BCUT2D eigenvalue weighted by atomic mass is 10.3. The number of nitrogens with zero attached hydrogens (tertiary/aromatic N) is 3. The van der Waals surface area contributed by atoms with Crippen LogP contribution in [0.1, 0.15) is 11.4 Å². The molecule has 16 heavy (non-hydrogen) atoms. The van der Waals surface area contributed by atoms with Gasteiger partial charge in [0, 0.05) is 26.3 Å². The topological polar surface area (TPSA) is 63.0 Å². The maximum atomic E-state index is 9.07. The van der Waals surface area contributed by atoms with Gasteiger partial charge in [-0.1, -0.05) is 0 Å². The molecule has 5 nitrogen and oxygen atoms in total. The van der Waals surface area contributed by atoms with E-state index in [1.54, 1.807) is 18.3 Å². The quantitative estimate of drug-likeness (QED) is 0.797. The Bertz CT molecular complexity index is 449. The summed E-state index contributed by atoms with van der Waals surface area (Å²) in [6.07, 6.45) is 3.22. The van der Waals surface area contributed by atoms with Crippen LogP contribution in [0, 0.1) is 0 Å². The van der Waals surface area contributed by atoms with Gasteiger partial charge in [0.05, 0.1) is 17.6 Å². The highest BCUT2D eigenvalue weighted by atomic mass is 16.3. The summed E-state index contributed by atoms with van der Waals surface area (Å²) >= 11 is 0. The summed E-state index contributed by atoms with van der Waals surface area (Å²) in [4.78, 5) is 4.08. The van der Waals surface area contributed by atoms with Crippen LogP contribution < -0.4 is 5.32 Å². The first-order valence-corrected chi connectivity index (χ1v) is 5.07. The normalized spacial score (nSPS) is 10.6. The molecule has 5 heteroatoms. The molecule has 84 valence electrons. The van der Waals surface area contributed by atoms with E-state index >= 15 is 0 Å². The third-order valence-electron chi connectivity index (χ3n) is 2.34. The molecule has 0 aliphatic carbocycles. The second kappa shape index (κ2) is 4.76. The van der Waals surface area contributed by atoms with E-state index in [9.17, 15) is 0 Å². The molecule has 0 spiro atoms. The average molecular weight is 218 g/mol. The van der Waals surface area contributed by atoms with Gasteiger partial charge in [-0.2, -0.15) is 5.10 Å². The van der Waals surface area contributed by atoms with Gasteiger partial charge in [-0.25, -0.2) is 0 Å². The zero-order chi connectivity index (χ0) is 11.4. The monoisotopic (exact) mass is 218 g/mol. The van der Waals surface area contributed by atoms with Crippen molar-refractivity contribution >= 4 is 0 Å². The molecule has 2 N–H and O–H groups in total. The highest BCUT2D eigenvalue weighted by Crippen LogP contribution is 2.05. The minimum atomic E-state index is 0.190. The van der Waals surface area contributed by atoms with E-state index in [0.717, 1.165) is 17.9 Å². The highest BCUT2D eigenvalue weighted by molar-refractivity contribution is 5.17. The molecule has 0 unspecified atom stereocenters. The smallest absolute Gasteiger partial charge is 0.133 e. The molecule has 0 amide bonds. The van der Waals surface area contributed by atoms with Crippen LogP contribution in [0.15, 0.2) is 30.6 Å². The predicted molar refractivity (Wildman–Crippen MR) is 59.7 cm³/mol. The summed E-state index contributed by atoms with van der Waals surface area (Å²) in [6, 6.07) is 5.40. The summed E-state index contributed by atoms with van der Waals surface area (Å²) in [7, 11) is 1.91. The van der Waals surface area contributed by atoms with Gasteiger partial charge < -0.3 is 10.4 Å². The third-order valence-corrected chi connectivity index (χ3v) is 2.34. The molecular formula is C11H14N4O. The zero-order valence-electron chi connectivity index (χ0n) is 9.09. The molecule has 0 bridgehead atoms. The number of aromatic nitrogens is 3. The average Bonchev–Trinajstić information content (AvgIpc) is 2.68. The number of aryl methyl sites for hydroxylation is 1. The standard InChI is InChI=1S/C11H14N4O/c1-15-10(4-5-14-15)7-12-6-9-2-3-11(16)8-13-9/h2-5,8,12,16H,6-7H2,1H3. The molecule has 0 atom stereocenters. The molecule has 0 aromatic carbocycles. The van der Waals surface area contributed by atoms with E-state index in [-0.39, 0.29) is 5.75 Å². The van der Waals surface area contributed by atoms with Crippen LogP contribution in [-0.2, 0) is 20.1 Å².